The fourth-order valence-electron chi connectivity index (χ4n) is 2.46. The summed E-state index contributed by atoms with van der Waals surface area (Å²) in [5.41, 5.74) is 1.72. The van der Waals surface area contributed by atoms with Crippen molar-refractivity contribution in [2.24, 2.45) is 0 Å². The van der Waals surface area contributed by atoms with E-state index in [0.717, 1.165) is 5.56 Å². The molecule has 0 aliphatic carbocycles. The molecule has 0 aliphatic rings. The maximum Gasteiger partial charge on any atom is 0.305 e. The van der Waals surface area contributed by atoms with Gasteiger partial charge in [-0.2, -0.15) is 5.10 Å². The smallest absolute Gasteiger partial charge is 0.305 e. The quantitative estimate of drug-likeness (QED) is 0.545. The second-order valence-electron chi connectivity index (χ2n) is 5.66. The first kappa shape index (κ1) is 20.3. The lowest BCUT2D eigenvalue weighted by Gasteiger charge is -2.07. The number of benzene rings is 1. The molecule has 140 valence electrons. The topological polar surface area (TPSA) is 73.2 Å². The number of nitrogens with zero attached hydrogens (tertiary/aromatic N) is 2. The first-order valence-electron chi connectivity index (χ1n) is 8.34. The Labute approximate surface area is 162 Å². The van der Waals surface area contributed by atoms with E-state index in [4.69, 9.17) is 27.9 Å². The summed E-state index contributed by atoms with van der Waals surface area (Å²) >= 11 is 12.5. The Hall–Kier alpha value is -2.05. The largest absolute Gasteiger partial charge is 0.466 e. The van der Waals surface area contributed by atoms with Gasteiger partial charge >= 0.3 is 5.97 Å². The van der Waals surface area contributed by atoms with Crippen LogP contribution in [-0.2, 0) is 16.1 Å². The van der Waals surface area contributed by atoms with Crippen molar-refractivity contribution in [3.05, 3.63) is 51.3 Å². The molecule has 2 aromatic rings. The molecular weight excluding hydrogens is 377 g/mol. The van der Waals surface area contributed by atoms with E-state index in [0.29, 0.717) is 42.4 Å². The summed E-state index contributed by atoms with van der Waals surface area (Å²) in [6, 6.07) is 7.39. The highest BCUT2D eigenvalue weighted by atomic mass is 35.5. The number of hydrogen-bond donors (Lipinski definition) is 1. The van der Waals surface area contributed by atoms with Gasteiger partial charge in [-0.1, -0.05) is 41.4 Å². The molecule has 0 bridgehead atoms. The number of halogens is 2. The van der Waals surface area contributed by atoms with Crippen LogP contribution in [0.1, 0.15) is 41.4 Å². The van der Waals surface area contributed by atoms with E-state index in [1.54, 1.807) is 24.6 Å². The molecule has 1 N–H and O–H groups in total. The number of esters is 1. The molecular formula is C18H21Cl2N3O3. The Morgan fingerprint density at radius 3 is 2.69 bits per heavy atom. The molecule has 1 amide bonds. The fourth-order valence-corrected chi connectivity index (χ4v) is 2.98. The molecule has 0 fully saturated rings. The number of carbonyl (C=O) groups excluding carboxylic acids is 2. The Kier molecular flexibility index (Phi) is 7.48. The van der Waals surface area contributed by atoms with Gasteiger partial charge in [0.15, 0.2) is 0 Å². The van der Waals surface area contributed by atoms with Crippen molar-refractivity contribution in [1.29, 1.82) is 0 Å². The van der Waals surface area contributed by atoms with Gasteiger partial charge < -0.3 is 10.1 Å². The molecule has 0 spiro atoms. The van der Waals surface area contributed by atoms with Crippen LogP contribution in [0.25, 0.3) is 0 Å². The molecule has 0 saturated heterocycles. The SMILES string of the molecule is CCOC(=O)CCCNC(=O)c1c(C)nn(Cc2ccccc2Cl)c1Cl. The molecule has 1 aromatic heterocycles. The average molecular weight is 398 g/mol. The number of hydrogen-bond acceptors (Lipinski definition) is 4. The van der Waals surface area contributed by atoms with Crippen LogP contribution in [0.2, 0.25) is 10.2 Å². The number of nitrogens with one attached hydrogen (secondary N) is 1. The maximum absolute atomic E-state index is 12.4. The van der Waals surface area contributed by atoms with Crippen molar-refractivity contribution >= 4 is 35.1 Å². The number of amides is 1. The van der Waals surface area contributed by atoms with E-state index < -0.39 is 0 Å². The van der Waals surface area contributed by atoms with E-state index in [1.807, 2.05) is 18.2 Å². The molecule has 26 heavy (non-hydrogen) atoms. The van der Waals surface area contributed by atoms with Crippen molar-refractivity contribution in [3.63, 3.8) is 0 Å². The van der Waals surface area contributed by atoms with Crippen molar-refractivity contribution in [3.8, 4) is 0 Å². The molecule has 0 unspecified atom stereocenters. The zero-order valence-corrected chi connectivity index (χ0v) is 16.2. The number of rotatable bonds is 8. The van der Waals surface area contributed by atoms with Crippen LogP contribution in [0.4, 0.5) is 0 Å². The monoisotopic (exact) mass is 397 g/mol. The van der Waals surface area contributed by atoms with E-state index in [9.17, 15) is 9.59 Å². The van der Waals surface area contributed by atoms with E-state index >= 15 is 0 Å². The number of carbonyl (C=O) groups is 2. The van der Waals surface area contributed by atoms with Gasteiger partial charge in [-0.05, 0) is 31.9 Å². The summed E-state index contributed by atoms with van der Waals surface area (Å²) in [5.74, 6) is -0.592. The third kappa shape index (κ3) is 5.22. The fraction of sp³-hybridized carbons (Fsp3) is 0.389. The molecule has 0 radical (unpaired) electrons. The van der Waals surface area contributed by atoms with Crippen LogP contribution in [0.15, 0.2) is 24.3 Å². The minimum Gasteiger partial charge on any atom is -0.466 e. The summed E-state index contributed by atoms with van der Waals surface area (Å²) in [5, 5.41) is 7.96. The highest BCUT2D eigenvalue weighted by Crippen LogP contribution is 2.23. The van der Waals surface area contributed by atoms with Crippen LogP contribution in [-0.4, -0.2) is 34.8 Å². The van der Waals surface area contributed by atoms with Crippen molar-refractivity contribution in [1.82, 2.24) is 15.1 Å². The molecule has 2 rings (SSSR count). The molecule has 0 atom stereocenters. The number of aryl methyl sites for hydroxylation is 1. The lowest BCUT2D eigenvalue weighted by molar-refractivity contribution is -0.143. The Morgan fingerprint density at radius 1 is 1.27 bits per heavy atom. The van der Waals surface area contributed by atoms with Crippen LogP contribution in [0, 0.1) is 6.92 Å². The number of ether oxygens (including phenoxy) is 1. The average Bonchev–Trinajstić information content (AvgIpc) is 2.87. The first-order chi connectivity index (χ1) is 12.4. The second kappa shape index (κ2) is 9.59. The van der Waals surface area contributed by atoms with Crippen molar-refractivity contribution < 1.29 is 14.3 Å². The maximum atomic E-state index is 12.4. The molecule has 1 aromatic carbocycles. The van der Waals surface area contributed by atoms with Crippen LogP contribution < -0.4 is 5.32 Å². The number of aromatic nitrogens is 2. The lowest BCUT2D eigenvalue weighted by Crippen LogP contribution is -2.25. The van der Waals surface area contributed by atoms with Gasteiger partial charge in [0, 0.05) is 18.0 Å². The van der Waals surface area contributed by atoms with Gasteiger partial charge in [-0.25, -0.2) is 4.68 Å². The summed E-state index contributed by atoms with van der Waals surface area (Å²) in [6.45, 7) is 4.55. The lowest BCUT2D eigenvalue weighted by atomic mass is 10.2. The highest BCUT2D eigenvalue weighted by molar-refractivity contribution is 6.33. The van der Waals surface area contributed by atoms with Gasteiger partial charge in [0.2, 0.25) is 0 Å². The van der Waals surface area contributed by atoms with Crippen molar-refractivity contribution in [2.45, 2.75) is 33.2 Å². The van der Waals surface area contributed by atoms with Crippen LogP contribution >= 0.6 is 23.2 Å². The molecule has 1 heterocycles. The van der Waals surface area contributed by atoms with E-state index in [2.05, 4.69) is 10.4 Å². The van der Waals surface area contributed by atoms with Crippen molar-refractivity contribution in [2.75, 3.05) is 13.2 Å². The minimum atomic E-state index is -0.318. The van der Waals surface area contributed by atoms with Gasteiger partial charge in [-0.15, -0.1) is 0 Å². The molecule has 0 aliphatic heterocycles. The Morgan fingerprint density at radius 2 is 2.00 bits per heavy atom. The van der Waals surface area contributed by atoms with Gasteiger partial charge in [0.05, 0.1) is 24.4 Å². The van der Waals surface area contributed by atoms with Gasteiger partial charge in [-0.3, -0.25) is 9.59 Å². The summed E-state index contributed by atoms with van der Waals surface area (Å²) < 4.78 is 6.39. The Balaban J connectivity index is 1.99. The molecule has 0 saturated carbocycles. The van der Waals surface area contributed by atoms with E-state index in [-0.39, 0.29) is 23.5 Å². The predicted molar refractivity (Wildman–Crippen MR) is 101 cm³/mol. The first-order valence-corrected chi connectivity index (χ1v) is 9.09. The summed E-state index contributed by atoms with van der Waals surface area (Å²) in [4.78, 5) is 23.7. The molecule has 8 heteroatoms. The summed E-state index contributed by atoms with van der Waals surface area (Å²) in [6.07, 6.45) is 0.752. The third-order valence-electron chi connectivity index (χ3n) is 3.72. The highest BCUT2D eigenvalue weighted by Gasteiger charge is 2.20. The third-order valence-corrected chi connectivity index (χ3v) is 4.47. The summed E-state index contributed by atoms with van der Waals surface area (Å²) in [7, 11) is 0. The standard InChI is InChI=1S/C18H21Cl2N3O3/c1-3-26-15(24)9-6-10-21-18(25)16-12(2)22-23(17(16)20)11-13-7-4-5-8-14(13)19/h4-5,7-8H,3,6,9-11H2,1-2H3,(H,21,25). The zero-order valence-electron chi connectivity index (χ0n) is 14.7. The normalized spacial score (nSPS) is 10.6. The second-order valence-corrected chi connectivity index (χ2v) is 6.43. The molecule has 6 nitrogen and oxygen atoms in total. The van der Waals surface area contributed by atoms with Gasteiger partial charge in [0.25, 0.3) is 5.91 Å². The zero-order chi connectivity index (χ0) is 19.1. The minimum absolute atomic E-state index is 0.255. The van der Waals surface area contributed by atoms with E-state index in [1.165, 1.54) is 0 Å². The van der Waals surface area contributed by atoms with Crippen LogP contribution in [0.5, 0.6) is 0 Å². The predicted octanol–water partition coefficient (Wildman–Crippen LogP) is 3.62. The Bertz CT molecular complexity index is 790. The van der Waals surface area contributed by atoms with Crippen LogP contribution in [0.3, 0.4) is 0 Å². The van der Waals surface area contributed by atoms with Gasteiger partial charge in [0.1, 0.15) is 5.15 Å².